The molecule has 0 saturated carbocycles. The maximum absolute atomic E-state index is 12.1. The van der Waals surface area contributed by atoms with Gasteiger partial charge in [-0.2, -0.15) is 0 Å². The lowest BCUT2D eigenvalue weighted by molar-refractivity contribution is -0.132. The maximum Gasteiger partial charge on any atom is 0.240 e. The van der Waals surface area contributed by atoms with Crippen molar-refractivity contribution in [3.63, 3.8) is 0 Å². The van der Waals surface area contributed by atoms with Crippen LogP contribution in [0.5, 0.6) is 0 Å². The molecule has 1 saturated heterocycles. The molecule has 112 valence electrons. The summed E-state index contributed by atoms with van der Waals surface area (Å²) < 4.78 is 0. The van der Waals surface area contributed by atoms with Crippen LogP contribution in [0.25, 0.3) is 0 Å². The third-order valence-electron chi connectivity index (χ3n) is 3.41. The van der Waals surface area contributed by atoms with Crippen molar-refractivity contribution in [3.8, 4) is 12.3 Å². The Morgan fingerprint density at radius 1 is 1.30 bits per heavy atom. The average molecular weight is 280 g/mol. The molecule has 1 fully saturated rings. The standard InChI is InChI=1S/C14H24N4O2/c1-4-6-12(15)14(20)18-8-5-7-17(9-10-18)11-13(19)16(2)3/h1,12H,5-11,15H2,2-3H3. The third-order valence-corrected chi connectivity index (χ3v) is 3.41. The van der Waals surface area contributed by atoms with Gasteiger partial charge in [0.05, 0.1) is 12.6 Å². The predicted octanol–water partition coefficient (Wildman–Crippen LogP) is -1.04. The number of likely N-dealkylation sites (N-methyl/N-ethyl adjacent to an activating group) is 1. The van der Waals surface area contributed by atoms with Crippen LogP contribution in [0.4, 0.5) is 0 Å². The Morgan fingerprint density at radius 3 is 2.60 bits per heavy atom. The molecule has 2 amide bonds. The molecule has 2 N–H and O–H groups in total. The van der Waals surface area contributed by atoms with Crippen LogP contribution in [0.2, 0.25) is 0 Å². The minimum absolute atomic E-state index is 0.0776. The van der Waals surface area contributed by atoms with Gasteiger partial charge in [-0.05, 0) is 6.42 Å². The molecule has 1 rings (SSSR count). The summed E-state index contributed by atoms with van der Waals surface area (Å²) in [6.07, 6.45) is 6.29. The monoisotopic (exact) mass is 280 g/mol. The van der Waals surface area contributed by atoms with Gasteiger partial charge in [-0.1, -0.05) is 0 Å². The van der Waals surface area contributed by atoms with Crippen molar-refractivity contribution in [2.45, 2.75) is 18.9 Å². The van der Waals surface area contributed by atoms with Gasteiger partial charge in [-0.3, -0.25) is 14.5 Å². The lowest BCUT2D eigenvalue weighted by atomic mass is 10.2. The average Bonchev–Trinajstić information content (AvgIpc) is 2.63. The fourth-order valence-corrected chi connectivity index (χ4v) is 2.13. The van der Waals surface area contributed by atoms with Crippen molar-refractivity contribution in [2.24, 2.45) is 5.73 Å². The number of terminal acetylenes is 1. The van der Waals surface area contributed by atoms with Crippen LogP contribution in [-0.2, 0) is 9.59 Å². The van der Waals surface area contributed by atoms with E-state index in [1.54, 1.807) is 23.9 Å². The number of nitrogens with zero attached hydrogens (tertiary/aromatic N) is 3. The molecule has 6 heteroatoms. The summed E-state index contributed by atoms with van der Waals surface area (Å²) in [5.41, 5.74) is 5.76. The highest BCUT2D eigenvalue weighted by Crippen LogP contribution is 2.06. The van der Waals surface area contributed by atoms with E-state index in [-0.39, 0.29) is 18.2 Å². The predicted molar refractivity (Wildman–Crippen MR) is 77.8 cm³/mol. The number of amides is 2. The smallest absolute Gasteiger partial charge is 0.240 e. The van der Waals surface area contributed by atoms with Crippen molar-refractivity contribution in [3.05, 3.63) is 0 Å². The lowest BCUT2D eigenvalue weighted by Crippen LogP contribution is -2.45. The SMILES string of the molecule is C#CCC(N)C(=O)N1CCCN(CC(=O)N(C)C)CC1. The van der Waals surface area contributed by atoms with Gasteiger partial charge in [-0.15, -0.1) is 12.3 Å². The Hall–Kier alpha value is -1.58. The van der Waals surface area contributed by atoms with Crippen molar-refractivity contribution in [1.29, 1.82) is 0 Å². The highest BCUT2D eigenvalue weighted by molar-refractivity contribution is 5.82. The number of hydrogen-bond donors (Lipinski definition) is 1. The Kier molecular flexibility index (Phi) is 6.49. The lowest BCUT2D eigenvalue weighted by Gasteiger charge is -2.24. The van der Waals surface area contributed by atoms with Crippen LogP contribution in [0.3, 0.4) is 0 Å². The quantitative estimate of drug-likeness (QED) is 0.668. The maximum atomic E-state index is 12.1. The molecule has 1 atom stereocenters. The van der Waals surface area contributed by atoms with E-state index < -0.39 is 6.04 Å². The highest BCUT2D eigenvalue weighted by atomic mass is 16.2. The van der Waals surface area contributed by atoms with E-state index in [1.807, 2.05) is 0 Å². The summed E-state index contributed by atoms with van der Waals surface area (Å²) in [5, 5.41) is 0. The summed E-state index contributed by atoms with van der Waals surface area (Å²) in [5.74, 6) is 2.40. The zero-order chi connectivity index (χ0) is 15.1. The first-order chi connectivity index (χ1) is 9.45. The van der Waals surface area contributed by atoms with Gasteiger partial charge in [-0.25, -0.2) is 0 Å². The third kappa shape index (κ3) is 4.83. The second kappa shape index (κ2) is 7.88. The molecule has 0 aromatic carbocycles. The van der Waals surface area contributed by atoms with Crippen LogP contribution in [-0.4, -0.2) is 79.4 Å². The summed E-state index contributed by atoms with van der Waals surface area (Å²) in [6, 6.07) is -0.616. The Balaban J connectivity index is 2.49. The summed E-state index contributed by atoms with van der Waals surface area (Å²) in [7, 11) is 3.49. The van der Waals surface area contributed by atoms with Gasteiger partial charge in [0.1, 0.15) is 0 Å². The van der Waals surface area contributed by atoms with Gasteiger partial charge >= 0.3 is 0 Å². The summed E-state index contributed by atoms with van der Waals surface area (Å²) in [4.78, 5) is 29.2. The van der Waals surface area contributed by atoms with Crippen molar-refractivity contribution < 1.29 is 9.59 Å². The van der Waals surface area contributed by atoms with Crippen molar-refractivity contribution in [2.75, 3.05) is 46.8 Å². The van der Waals surface area contributed by atoms with Crippen LogP contribution < -0.4 is 5.73 Å². The van der Waals surface area contributed by atoms with E-state index in [1.165, 1.54) is 0 Å². The first-order valence-corrected chi connectivity index (χ1v) is 6.86. The summed E-state index contributed by atoms with van der Waals surface area (Å²) in [6.45, 7) is 3.16. The zero-order valence-electron chi connectivity index (χ0n) is 12.3. The number of hydrogen-bond acceptors (Lipinski definition) is 4. The molecule has 1 heterocycles. The van der Waals surface area contributed by atoms with Gasteiger partial charge < -0.3 is 15.5 Å². The van der Waals surface area contributed by atoms with E-state index in [9.17, 15) is 9.59 Å². The second-order valence-corrected chi connectivity index (χ2v) is 5.26. The molecular weight excluding hydrogens is 256 g/mol. The number of nitrogens with two attached hydrogens (primary N) is 1. The van der Waals surface area contributed by atoms with Gasteiger partial charge in [0, 0.05) is 46.7 Å². The number of carbonyl (C=O) groups excluding carboxylic acids is 2. The molecule has 0 aromatic heterocycles. The molecule has 6 nitrogen and oxygen atoms in total. The van der Waals surface area contributed by atoms with E-state index in [0.29, 0.717) is 26.2 Å². The second-order valence-electron chi connectivity index (χ2n) is 5.26. The van der Waals surface area contributed by atoms with Gasteiger partial charge in [0.2, 0.25) is 11.8 Å². The topological polar surface area (TPSA) is 69.9 Å². The number of rotatable bonds is 4. The Bertz CT molecular complexity index is 389. The summed E-state index contributed by atoms with van der Waals surface area (Å²) >= 11 is 0. The molecule has 0 bridgehead atoms. The van der Waals surface area contributed by atoms with Crippen molar-refractivity contribution >= 4 is 11.8 Å². The van der Waals surface area contributed by atoms with Gasteiger partial charge in [0.25, 0.3) is 0 Å². The van der Waals surface area contributed by atoms with Crippen molar-refractivity contribution in [1.82, 2.24) is 14.7 Å². The molecule has 20 heavy (non-hydrogen) atoms. The van der Waals surface area contributed by atoms with Gasteiger partial charge in [0.15, 0.2) is 0 Å². The first kappa shape index (κ1) is 16.5. The normalized spacial score (nSPS) is 18.0. The number of carbonyl (C=O) groups is 2. The zero-order valence-corrected chi connectivity index (χ0v) is 12.3. The highest BCUT2D eigenvalue weighted by Gasteiger charge is 2.24. The Morgan fingerprint density at radius 2 is 2.00 bits per heavy atom. The fraction of sp³-hybridized carbons (Fsp3) is 0.714. The molecule has 0 aromatic rings. The molecular formula is C14H24N4O2. The minimum Gasteiger partial charge on any atom is -0.348 e. The van der Waals surface area contributed by atoms with E-state index in [4.69, 9.17) is 12.2 Å². The first-order valence-electron chi connectivity index (χ1n) is 6.86. The largest absolute Gasteiger partial charge is 0.348 e. The van der Waals surface area contributed by atoms with Crippen LogP contribution in [0.1, 0.15) is 12.8 Å². The van der Waals surface area contributed by atoms with E-state index in [0.717, 1.165) is 13.0 Å². The fourth-order valence-electron chi connectivity index (χ4n) is 2.13. The van der Waals surface area contributed by atoms with E-state index >= 15 is 0 Å². The molecule has 1 aliphatic heterocycles. The van der Waals surface area contributed by atoms with Crippen LogP contribution >= 0.6 is 0 Å². The molecule has 0 radical (unpaired) electrons. The van der Waals surface area contributed by atoms with Crippen LogP contribution in [0.15, 0.2) is 0 Å². The van der Waals surface area contributed by atoms with E-state index in [2.05, 4.69) is 10.8 Å². The van der Waals surface area contributed by atoms with Crippen LogP contribution in [0, 0.1) is 12.3 Å². The molecule has 1 aliphatic rings. The Labute approximate surface area is 120 Å². The minimum atomic E-state index is -0.616. The molecule has 1 unspecified atom stereocenters. The molecule has 0 spiro atoms. The molecule has 0 aliphatic carbocycles.